The second-order valence-electron chi connectivity index (χ2n) is 5.28. The minimum atomic E-state index is -0.153. The summed E-state index contributed by atoms with van der Waals surface area (Å²) >= 11 is 0. The standard InChI is InChI=1S/C15H16N6O/c16-8-11-3-1-5-13(7-11)19-15(22)21-6-2-4-12(9-21)14-17-10-18-20-14/h1,3,5,7,10,12H,2,4,6,9H2,(H,19,22)(H,17,18,20)/t12-/m0/s1. The molecule has 22 heavy (non-hydrogen) atoms. The molecule has 0 bridgehead atoms. The molecule has 1 aliphatic rings. The molecule has 2 N–H and O–H groups in total. The predicted molar refractivity (Wildman–Crippen MR) is 80.1 cm³/mol. The smallest absolute Gasteiger partial charge is 0.321 e. The highest BCUT2D eigenvalue weighted by Gasteiger charge is 2.26. The Morgan fingerprint density at radius 3 is 3.18 bits per heavy atom. The van der Waals surface area contributed by atoms with Crippen LogP contribution in [-0.2, 0) is 0 Å². The lowest BCUT2D eigenvalue weighted by atomic mass is 9.98. The van der Waals surface area contributed by atoms with Crippen molar-refractivity contribution >= 4 is 11.7 Å². The summed E-state index contributed by atoms with van der Waals surface area (Å²) in [5.41, 5.74) is 1.15. The predicted octanol–water partition coefficient (Wildman–Crippen LogP) is 2.09. The number of aromatic nitrogens is 3. The van der Waals surface area contributed by atoms with Gasteiger partial charge in [-0.25, -0.2) is 9.78 Å². The highest BCUT2D eigenvalue weighted by atomic mass is 16.2. The summed E-state index contributed by atoms with van der Waals surface area (Å²) in [6.07, 6.45) is 3.40. The molecule has 0 saturated carbocycles. The summed E-state index contributed by atoms with van der Waals surface area (Å²) in [7, 11) is 0. The Labute approximate surface area is 128 Å². The summed E-state index contributed by atoms with van der Waals surface area (Å²) in [5, 5.41) is 18.5. The number of aromatic amines is 1. The van der Waals surface area contributed by atoms with Crippen LogP contribution in [0.15, 0.2) is 30.6 Å². The number of carbonyl (C=O) groups excluding carboxylic acids is 1. The molecule has 2 heterocycles. The number of urea groups is 1. The average molecular weight is 296 g/mol. The first-order chi connectivity index (χ1) is 10.8. The number of rotatable bonds is 2. The van der Waals surface area contributed by atoms with Crippen LogP contribution in [0.3, 0.4) is 0 Å². The van der Waals surface area contributed by atoms with Gasteiger partial charge >= 0.3 is 6.03 Å². The summed E-state index contributed by atoms with van der Waals surface area (Å²) in [6, 6.07) is 8.80. The lowest BCUT2D eigenvalue weighted by molar-refractivity contribution is 0.191. The Morgan fingerprint density at radius 1 is 1.50 bits per heavy atom. The quantitative estimate of drug-likeness (QED) is 0.886. The van der Waals surface area contributed by atoms with Crippen molar-refractivity contribution in [2.75, 3.05) is 18.4 Å². The van der Waals surface area contributed by atoms with E-state index in [2.05, 4.69) is 26.6 Å². The van der Waals surface area contributed by atoms with Gasteiger partial charge in [-0.1, -0.05) is 6.07 Å². The normalized spacial score (nSPS) is 17.8. The van der Waals surface area contributed by atoms with E-state index in [1.54, 1.807) is 29.2 Å². The zero-order chi connectivity index (χ0) is 15.4. The number of hydrogen-bond donors (Lipinski definition) is 2. The molecular weight excluding hydrogens is 280 g/mol. The highest BCUT2D eigenvalue weighted by molar-refractivity contribution is 5.89. The Bertz CT molecular complexity index is 690. The topological polar surface area (TPSA) is 97.7 Å². The van der Waals surface area contributed by atoms with Crippen molar-refractivity contribution in [3.8, 4) is 6.07 Å². The first-order valence-corrected chi connectivity index (χ1v) is 7.17. The Kier molecular flexibility index (Phi) is 4.01. The molecular formula is C15H16N6O. The van der Waals surface area contributed by atoms with Crippen molar-refractivity contribution in [1.29, 1.82) is 5.26 Å². The van der Waals surface area contributed by atoms with E-state index in [1.165, 1.54) is 6.33 Å². The molecule has 7 nitrogen and oxygen atoms in total. The molecule has 0 spiro atoms. The van der Waals surface area contributed by atoms with Crippen LogP contribution in [0.2, 0.25) is 0 Å². The van der Waals surface area contributed by atoms with Gasteiger partial charge in [0.15, 0.2) is 0 Å². The number of nitrogens with one attached hydrogen (secondary N) is 2. The van der Waals surface area contributed by atoms with E-state index in [9.17, 15) is 4.79 Å². The molecule has 7 heteroatoms. The van der Waals surface area contributed by atoms with E-state index >= 15 is 0 Å². The van der Waals surface area contributed by atoms with Crippen LogP contribution in [-0.4, -0.2) is 39.2 Å². The van der Waals surface area contributed by atoms with Crippen LogP contribution >= 0.6 is 0 Å². The number of piperidine rings is 1. The van der Waals surface area contributed by atoms with Gasteiger partial charge in [0, 0.05) is 24.7 Å². The molecule has 0 unspecified atom stereocenters. The number of nitriles is 1. The number of amides is 2. The lowest BCUT2D eigenvalue weighted by Crippen LogP contribution is -2.41. The summed E-state index contributed by atoms with van der Waals surface area (Å²) in [4.78, 5) is 18.3. The summed E-state index contributed by atoms with van der Waals surface area (Å²) in [6.45, 7) is 1.33. The molecule has 2 aromatic rings. The van der Waals surface area contributed by atoms with Crippen LogP contribution in [0.4, 0.5) is 10.5 Å². The van der Waals surface area contributed by atoms with Crippen molar-refractivity contribution < 1.29 is 4.79 Å². The van der Waals surface area contributed by atoms with Crippen molar-refractivity contribution in [3.05, 3.63) is 42.0 Å². The fraction of sp³-hybridized carbons (Fsp3) is 0.333. The molecule has 1 saturated heterocycles. The van der Waals surface area contributed by atoms with Gasteiger partial charge in [0.05, 0.1) is 11.6 Å². The maximum absolute atomic E-state index is 12.4. The minimum Gasteiger partial charge on any atom is -0.324 e. The molecule has 1 atom stereocenters. The average Bonchev–Trinajstić information content (AvgIpc) is 3.09. The zero-order valence-electron chi connectivity index (χ0n) is 12.0. The van der Waals surface area contributed by atoms with Crippen LogP contribution in [0.1, 0.15) is 30.1 Å². The molecule has 1 aliphatic heterocycles. The van der Waals surface area contributed by atoms with Crippen molar-refractivity contribution in [3.63, 3.8) is 0 Å². The SMILES string of the molecule is N#Cc1cccc(NC(=O)N2CCC[C@H](c3ncn[nH]3)C2)c1. The molecule has 1 aromatic carbocycles. The lowest BCUT2D eigenvalue weighted by Gasteiger charge is -2.31. The molecule has 1 aromatic heterocycles. The second kappa shape index (κ2) is 6.26. The number of likely N-dealkylation sites (tertiary alicyclic amines) is 1. The van der Waals surface area contributed by atoms with Gasteiger partial charge < -0.3 is 10.2 Å². The third-order valence-electron chi connectivity index (χ3n) is 3.77. The fourth-order valence-corrected chi connectivity index (χ4v) is 2.67. The number of H-pyrrole nitrogens is 1. The molecule has 2 amide bonds. The van der Waals surface area contributed by atoms with Gasteiger partial charge in [0.25, 0.3) is 0 Å². The molecule has 0 aliphatic carbocycles. The maximum Gasteiger partial charge on any atom is 0.321 e. The van der Waals surface area contributed by atoms with E-state index in [0.29, 0.717) is 24.3 Å². The third-order valence-corrected chi connectivity index (χ3v) is 3.77. The van der Waals surface area contributed by atoms with Crippen molar-refractivity contribution in [2.45, 2.75) is 18.8 Å². The maximum atomic E-state index is 12.4. The molecule has 3 rings (SSSR count). The zero-order valence-corrected chi connectivity index (χ0v) is 12.0. The van der Waals surface area contributed by atoms with Crippen LogP contribution in [0, 0.1) is 11.3 Å². The van der Waals surface area contributed by atoms with Gasteiger partial charge in [0.2, 0.25) is 0 Å². The van der Waals surface area contributed by atoms with Gasteiger partial charge in [-0.2, -0.15) is 10.4 Å². The molecule has 112 valence electrons. The minimum absolute atomic E-state index is 0.153. The first-order valence-electron chi connectivity index (χ1n) is 7.17. The van der Waals surface area contributed by atoms with E-state index in [4.69, 9.17) is 5.26 Å². The second-order valence-corrected chi connectivity index (χ2v) is 5.28. The van der Waals surface area contributed by atoms with Crippen LogP contribution < -0.4 is 5.32 Å². The Morgan fingerprint density at radius 2 is 2.41 bits per heavy atom. The fourth-order valence-electron chi connectivity index (χ4n) is 2.67. The van der Waals surface area contributed by atoms with Crippen molar-refractivity contribution in [2.24, 2.45) is 0 Å². The first kappa shape index (κ1) is 14.1. The van der Waals surface area contributed by atoms with Crippen molar-refractivity contribution in [1.82, 2.24) is 20.1 Å². The van der Waals surface area contributed by atoms with E-state index < -0.39 is 0 Å². The largest absolute Gasteiger partial charge is 0.324 e. The number of nitrogens with zero attached hydrogens (tertiary/aromatic N) is 4. The van der Waals surface area contributed by atoms with E-state index in [-0.39, 0.29) is 11.9 Å². The number of anilines is 1. The van der Waals surface area contributed by atoms with Crippen LogP contribution in [0.25, 0.3) is 0 Å². The van der Waals surface area contributed by atoms with Gasteiger partial charge in [0.1, 0.15) is 12.2 Å². The van der Waals surface area contributed by atoms with Gasteiger partial charge in [-0.15, -0.1) is 0 Å². The summed E-state index contributed by atoms with van der Waals surface area (Å²) in [5.74, 6) is 1.01. The number of benzene rings is 1. The Balaban J connectivity index is 1.65. The van der Waals surface area contributed by atoms with Gasteiger partial charge in [-0.3, -0.25) is 5.10 Å². The molecule has 0 radical (unpaired) electrons. The number of hydrogen-bond acceptors (Lipinski definition) is 4. The van der Waals surface area contributed by atoms with Crippen LogP contribution in [0.5, 0.6) is 0 Å². The number of carbonyl (C=O) groups is 1. The Hall–Kier alpha value is -2.88. The van der Waals surface area contributed by atoms with E-state index in [0.717, 1.165) is 18.7 Å². The van der Waals surface area contributed by atoms with E-state index in [1.807, 2.05) is 0 Å². The summed E-state index contributed by atoms with van der Waals surface area (Å²) < 4.78 is 0. The van der Waals surface area contributed by atoms with Gasteiger partial charge in [-0.05, 0) is 31.0 Å². The monoisotopic (exact) mass is 296 g/mol. The molecule has 1 fully saturated rings. The highest BCUT2D eigenvalue weighted by Crippen LogP contribution is 2.24. The third kappa shape index (κ3) is 3.06.